The number of amides is 1. The number of carbonyl (C=O) groups is 3. The fourth-order valence-corrected chi connectivity index (χ4v) is 1.31. The lowest BCUT2D eigenvalue weighted by atomic mass is 10.2. The Bertz CT molecular complexity index is 282. The topological polar surface area (TPSA) is 92.7 Å². The molecule has 0 aromatic heterocycles. The van der Waals surface area contributed by atoms with Crippen LogP contribution in [0.2, 0.25) is 0 Å². The molecule has 1 amide bonds. The summed E-state index contributed by atoms with van der Waals surface area (Å²) >= 11 is 5.50. The first-order valence-corrected chi connectivity index (χ1v) is 5.78. The van der Waals surface area contributed by atoms with E-state index in [1.807, 2.05) is 0 Å². The van der Waals surface area contributed by atoms with E-state index < -0.39 is 23.9 Å². The van der Waals surface area contributed by atoms with Gasteiger partial charge in [-0.25, -0.2) is 4.79 Å². The van der Waals surface area contributed by atoms with Crippen molar-refractivity contribution < 1.29 is 24.2 Å². The molecule has 0 spiro atoms. The van der Waals surface area contributed by atoms with Gasteiger partial charge in [-0.2, -0.15) is 0 Å². The molecule has 0 rings (SSSR count). The van der Waals surface area contributed by atoms with Crippen LogP contribution in [-0.4, -0.2) is 41.5 Å². The Kier molecular flexibility index (Phi) is 8.13. The average molecular weight is 266 g/mol. The summed E-state index contributed by atoms with van der Waals surface area (Å²) in [6.45, 7) is 1.87. The number of rotatable bonds is 8. The van der Waals surface area contributed by atoms with Gasteiger partial charge in [-0.1, -0.05) is 0 Å². The first-order chi connectivity index (χ1) is 8.01. The number of hydrogen-bond acceptors (Lipinski definition) is 4. The zero-order valence-corrected chi connectivity index (χ0v) is 10.3. The second kappa shape index (κ2) is 8.81. The molecule has 0 aromatic carbocycles. The number of nitrogens with one attached hydrogen (secondary N) is 1. The third-order valence-electron chi connectivity index (χ3n) is 1.87. The van der Waals surface area contributed by atoms with E-state index >= 15 is 0 Å². The molecule has 2 N–H and O–H groups in total. The Labute approximate surface area is 104 Å². The highest BCUT2D eigenvalue weighted by Gasteiger charge is 2.21. The van der Waals surface area contributed by atoms with E-state index in [0.717, 1.165) is 0 Å². The number of ether oxygens (including phenoxy) is 1. The number of carboxylic acids is 1. The van der Waals surface area contributed by atoms with Crippen LogP contribution in [0.15, 0.2) is 0 Å². The number of hydrogen-bond donors (Lipinski definition) is 2. The lowest BCUT2D eigenvalue weighted by Gasteiger charge is -2.15. The Morgan fingerprint density at radius 3 is 2.47 bits per heavy atom. The molecule has 0 saturated carbocycles. The van der Waals surface area contributed by atoms with Crippen molar-refractivity contribution >= 4 is 29.4 Å². The zero-order chi connectivity index (χ0) is 13.3. The van der Waals surface area contributed by atoms with Crippen LogP contribution in [0.5, 0.6) is 0 Å². The number of halogens is 1. The maximum Gasteiger partial charge on any atom is 0.328 e. The molecule has 0 aromatic rings. The van der Waals surface area contributed by atoms with Gasteiger partial charge in [0, 0.05) is 12.3 Å². The molecule has 0 saturated heterocycles. The average Bonchev–Trinajstić information content (AvgIpc) is 2.26. The van der Waals surface area contributed by atoms with Gasteiger partial charge in [0.1, 0.15) is 6.04 Å². The second-order valence-corrected chi connectivity index (χ2v) is 3.62. The molecule has 0 heterocycles. The zero-order valence-electron chi connectivity index (χ0n) is 9.57. The highest BCUT2D eigenvalue weighted by molar-refractivity contribution is 6.18. The first-order valence-electron chi connectivity index (χ1n) is 5.25. The molecule has 17 heavy (non-hydrogen) atoms. The monoisotopic (exact) mass is 265 g/mol. The van der Waals surface area contributed by atoms with Crippen molar-refractivity contribution in [3.05, 3.63) is 0 Å². The minimum Gasteiger partial charge on any atom is -0.481 e. The maximum atomic E-state index is 11.4. The normalized spacial score (nSPS) is 11.6. The van der Waals surface area contributed by atoms with E-state index in [1.165, 1.54) is 0 Å². The number of aliphatic carboxylic acids is 1. The summed E-state index contributed by atoms with van der Waals surface area (Å²) in [5, 5.41) is 10.8. The van der Waals surface area contributed by atoms with Crippen LogP contribution in [-0.2, 0) is 19.1 Å². The Balaban J connectivity index is 4.18. The minimum absolute atomic E-state index is 0.173. The van der Waals surface area contributed by atoms with Gasteiger partial charge in [0.05, 0.1) is 13.0 Å². The van der Waals surface area contributed by atoms with Gasteiger partial charge in [0.2, 0.25) is 5.91 Å². The molecule has 7 heteroatoms. The van der Waals surface area contributed by atoms with Gasteiger partial charge in [-0.3, -0.25) is 9.59 Å². The first kappa shape index (κ1) is 15.7. The van der Waals surface area contributed by atoms with E-state index in [-0.39, 0.29) is 31.7 Å². The predicted molar refractivity (Wildman–Crippen MR) is 60.8 cm³/mol. The summed E-state index contributed by atoms with van der Waals surface area (Å²) in [5.74, 6) is -1.93. The third-order valence-corrected chi connectivity index (χ3v) is 2.09. The van der Waals surface area contributed by atoms with E-state index in [2.05, 4.69) is 5.32 Å². The summed E-state index contributed by atoms with van der Waals surface area (Å²) < 4.78 is 4.75. The Morgan fingerprint density at radius 1 is 1.35 bits per heavy atom. The van der Waals surface area contributed by atoms with Gasteiger partial charge in [0.25, 0.3) is 0 Å². The SMILES string of the molecule is CCOC(=O)C(CCCl)NC(=O)CCC(=O)O. The molecule has 1 unspecified atom stereocenters. The molecule has 0 fully saturated rings. The molecule has 0 aliphatic carbocycles. The van der Waals surface area contributed by atoms with Gasteiger partial charge in [-0.05, 0) is 13.3 Å². The van der Waals surface area contributed by atoms with Gasteiger partial charge < -0.3 is 15.2 Å². The molecule has 0 radical (unpaired) electrons. The van der Waals surface area contributed by atoms with Crippen LogP contribution in [0.3, 0.4) is 0 Å². The van der Waals surface area contributed by atoms with Crippen LogP contribution in [0.1, 0.15) is 26.2 Å². The van der Waals surface area contributed by atoms with Gasteiger partial charge >= 0.3 is 11.9 Å². The summed E-state index contributed by atoms with van der Waals surface area (Å²) in [7, 11) is 0. The number of esters is 1. The molecule has 0 aliphatic heterocycles. The Morgan fingerprint density at radius 2 is 2.00 bits per heavy atom. The lowest BCUT2D eigenvalue weighted by molar-refractivity contribution is -0.147. The van der Waals surface area contributed by atoms with Crippen LogP contribution < -0.4 is 5.32 Å². The summed E-state index contributed by atoms with van der Waals surface area (Å²) in [6, 6.07) is -0.811. The molecule has 98 valence electrons. The molecular formula is C10H16ClNO5. The molecule has 0 bridgehead atoms. The fourth-order valence-electron chi connectivity index (χ4n) is 1.09. The number of carboxylic acid groups (broad SMARTS) is 1. The van der Waals surface area contributed by atoms with Crippen LogP contribution in [0, 0.1) is 0 Å². The van der Waals surface area contributed by atoms with E-state index in [0.29, 0.717) is 0 Å². The largest absolute Gasteiger partial charge is 0.481 e. The predicted octanol–water partition coefficient (Wildman–Crippen LogP) is 0.528. The van der Waals surface area contributed by atoms with Crippen molar-refractivity contribution in [2.24, 2.45) is 0 Å². The third kappa shape index (κ3) is 7.57. The standard InChI is InChI=1S/C10H16ClNO5/c1-2-17-10(16)7(5-6-11)12-8(13)3-4-9(14)15/h7H,2-6H2,1H3,(H,12,13)(H,14,15). The van der Waals surface area contributed by atoms with Gasteiger partial charge in [-0.15, -0.1) is 11.6 Å². The van der Waals surface area contributed by atoms with E-state index in [1.54, 1.807) is 6.92 Å². The summed E-state index contributed by atoms with van der Waals surface area (Å²) in [5.41, 5.74) is 0. The quantitative estimate of drug-likeness (QED) is 0.493. The van der Waals surface area contributed by atoms with Crippen molar-refractivity contribution in [3.63, 3.8) is 0 Å². The minimum atomic E-state index is -1.06. The summed E-state index contributed by atoms with van der Waals surface area (Å²) in [4.78, 5) is 33.0. The van der Waals surface area contributed by atoms with Crippen LogP contribution in [0.4, 0.5) is 0 Å². The van der Waals surface area contributed by atoms with Crippen molar-refractivity contribution in [1.29, 1.82) is 0 Å². The van der Waals surface area contributed by atoms with Crippen molar-refractivity contribution in [2.45, 2.75) is 32.2 Å². The van der Waals surface area contributed by atoms with Crippen LogP contribution >= 0.6 is 11.6 Å². The highest BCUT2D eigenvalue weighted by Crippen LogP contribution is 2.00. The molecule has 0 aliphatic rings. The number of carbonyl (C=O) groups excluding carboxylic acids is 2. The second-order valence-electron chi connectivity index (χ2n) is 3.24. The molecule has 6 nitrogen and oxygen atoms in total. The highest BCUT2D eigenvalue weighted by atomic mass is 35.5. The number of alkyl halides is 1. The Hall–Kier alpha value is -1.30. The molecular weight excluding hydrogens is 250 g/mol. The molecule has 1 atom stereocenters. The van der Waals surface area contributed by atoms with Crippen molar-refractivity contribution in [3.8, 4) is 0 Å². The van der Waals surface area contributed by atoms with E-state index in [9.17, 15) is 14.4 Å². The van der Waals surface area contributed by atoms with Crippen LogP contribution in [0.25, 0.3) is 0 Å². The smallest absolute Gasteiger partial charge is 0.328 e. The van der Waals surface area contributed by atoms with Gasteiger partial charge in [0.15, 0.2) is 0 Å². The van der Waals surface area contributed by atoms with E-state index in [4.69, 9.17) is 21.4 Å². The fraction of sp³-hybridized carbons (Fsp3) is 0.700. The summed E-state index contributed by atoms with van der Waals surface area (Å²) in [6.07, 6.45) is -0.199. The van der Waals surface area contributed by atoms with Crippen molar-refractivity contribution in [1.82, 2.24) is 5.32 Å². The maximum absolute atomic E-state index is 11.4. The van der Waals surface area contributed by atoms with Crippen molar-refractivity contribution in [2.75, 3.05) is 12.5 Å². The lowest BCUT2D eigenvalue weighted by Crippen LogP contribution is -2.42.